The zero-order valence-electron chi connectivity index (χ0n) is 15.7. The molecule has 1 aliphatic carbocycles. The van der Waals surface area contributed by atoms with Crippen molar-refractivity contribution in [3.63, 3.8) is 0 Å². The number of carbonyl (C=O) groups is 2. The molecule has 0 spiro atoms. The van der Waals surface area contributed by atoms with Crippen LogP contribution in [0.25, 0.3) is 0 Å². The molecule has 0 radical (unpaired) electrons. The van der Waals surface area contributed by atoms with E-state index in [0.717, 1.165) is 45.6 Å². The lowest BCUT2D eigenvalue weighted by Gasteiger charge is -2.36. The van der Waals surface area contributed by atoms with Crippen molar-refractivity contribution in [2.75, 3.05) is 32.8 Å². The van der Waals surface area contributed by atoms with Crippen LogP contribution in [0.5, 0.6) is 0 Å². The van der Waals surface area contributed by atoms with E-state index in [-0.39, 0.29) is 11.9 Å². The first kappa shape index (κ1) is 17.5. The lowest BCUT2D eigenvalue weighted by Crippen LogP contribution is -2.51. The molecule has 2 saturated heterocycles. The van der Waals surface area contributed by atoms with E-state index in [0.29, 0.717) is 12.6 Å². The molecular weight excluding hydrogens is 328 g/mol. The van der Waals surface area contributed by atoms with Crippen LogP contribution in [-0.4, -0.2) is 65.0 Å². The summed E-state index contributed by atoms with van der Waals surface area (Å²) in [6, 6.07) is 8.40. The van der Waals surface area contributed by atoms with E-state index in [4.69, 9.17) is 0 Å². The maximum atomic E-state index is 12.7. The number of carbonyl (C=O) groups excluding carboxylic acids is 2. The van der Waals surface area contributed by atoms with E-state index in [9.17, 15) is 9.59 Å². The summed E-state index contributed by atoms with van der Waals surface area (Å²) in [7, 11) is 0. The van der Waals surface area contributed by atoms with Crippen LogP contribution in [0.3, 0.4) is 0 Å². The van der Waals surface area contributed by atoms with Crippen molar-refractivity contribution in [3.8, 4) is 0 Å². The summed E-state index contributed by atoms with van der Waals surface area (Å²) in [5.74, 6) is 0.266. The molecule has 1 N–H and O–H groups in total. The average molecular weight is 356 g/mol. The Bertz CT molecular complexity index is 710. The van der Waals surface area contributed by atoms with Crippen molar-refractivity contribution in [2.45, 2.75) is 38.8 Å². The Balaban J connectivity index is 1.30. The third-order valence-electron chi connectivity index (χ3n) is 5.99. The Morgan fingerprint density at radius 3 is 2.46 bits per heavy atom. The highest BCUT2D eigenvalue weighted by atomic mass is 16.2. The molecule has 0 aromatic heterocycles. The minimum absolute atomic E-state index is 0.0489. The van der Waals surface area contributed by atoms with Gasteiger partial charge in [0.2, 0.25) is 0 Å². The van der Waals surface area contributed by atoms with Crippen LogP contribution in [0.2, 0.25) is 0 Å². The molecule has 2 aliphatic heterocycles. The molecule has 1 atom stereocenters. The Morgan fingerprint density at radius 1 is 1.12 bits per heavy atom. The topological polar surface area (TPSA) is 55.9 Å². The molecule has 26 heavy (non-hydrogen) atoms. The van der Waals surface area contributed by atoms with Gasteiger partial charge in [0.15, 0.2) is 0 Å². The minimum atomic E-state index is -0.677. The fraction of sp³-hybridized carbons (Fsp3) is 0.600. The van der Waals surface area contributed by atoms with Gasteiger partial charge in [-0.25, -0.2) is 9.69 Å². The number of aryl methyl sites for hydroxylation is 1. The second-order valence-corrected chi connectivity index (χ2v) is 8.16. The van der Waals surface area contributed by atoms with Crippen molar-refractivity contribution in [2.24, 2.45) is 5.92 Å². The number of hydrogen-bond acceptors (Lipinski definition) is 4. The summed E-state index contributed by atoms with van der Waals surface area (Å²) in [4.78, 5) is 31.1. The molecule has 6 heteroatoms. The standard InChI is InChI=1S/C20H28N4O2/c1-15-4-3-5-16(12-15)13-22-8-10-23(11-9-22)14-24-18(25)20(2,17-6-7-17)21-19(24)26/h3-5,12,17H,6-11,13-14H2,1-2H3,(H,21,26)/t20-/m0/s1. The molecule has 4 rings (SSSR count). The quantitative estimate of drug-likeness (QED) is 0.818. The van der Waals surface area contributed by atoms with Gasteiger partial charge in [0, 0.05) is 32.7 Å². The summed E-state index contributed by atoms with van der Waals surface area (Å²) in [5.41, 5.74) is 1.95. The summed E-state index contributed by atoms with van der Waals surface area (Å²) in [6.45, 7) is 9.03. The van der Waals surface area contributed by atoms with Crippen LogP contribution in [0.1, 0.15) is 30.9 Å². The molecule has 1 saturated carbocycles. The first-order valence-electron chi connectivity index (χ1n) is 9.60. The van der Waals surface area contributed by atoms with Gasteiger partial charge in [0.25, 0.3) is 5.91 Å². The number of nitrogens with one attached hydrogen (secondary N) is 1. The van der Waals surface area contributed by atoms with E-state index >= 15 is 0 Å². The van der Waals surface area contributed by atoms with Gasteiger partial charge < -0.3 is 5.32 Å². The SMILES string of the molecule is Cc1cccc(CN2CCN(CN3C(=O)N[C@@](C)(C4CC4)C3=O)CC2)c1. The van der Waals surface area contributed by atoms with Gasteiger partial charge in [-0.3, -0.25) is 14.6 Å². The van der Waals surface area contributed by atoms with Gasteiger partial charge in [-0.05, 0) is 38.2 Å². The van der Waals surface area contributed by atoms with Gasteiger partial charge in [0.1, 0.15) is 5.54 Å². The average Bonchev–Trinajstić information content (AvgIpc) is 3.43. The Labute approximate surface area is 155 Å². The number of imide groups is 1. The van der Waals surface area contributed by atoms with Crippen LogP contribution < -0.4 is 5.32 Å². The number of piperazine rings is 1. The largest absolute Gasteiger partial charge is 0.326 e. The molecule has 3 amide bonds. The Morgan fingerprint density at radius 2 is 1.81 bits per heavy atom. The highest BCUT2D eigenvalue weighted by Gasteiger charge is 2.56. The molecule has 2 heterocycles. The molecule has 0 unspecified atom stereocenters. The van der Waals surface area contributed by atoms with Gasteiger partial charge in [0.05, 0.1) is 6.67 Å². The normalized spacial score (nSPS) is 27.8. The maximum absolute atomic E-state index is 12.7. The predicted molar refractivity (Wildman–Crippen MR) is 99.4 cm³/mol. The number of urea groups is 1. The summed E-state index contributed by atoms with van der Waals surface area (Å²) < 4.78 is 0. The Kier molecular flexibility index (Phi) is 4.49. The Hall–Kier alpha value is -1.92. The fourth-order valence-corrected chi connectivity index (χ4v) is 4.14. The number of nitrogens with zero attached hydrogens (tertiary/aromatic N) is 3. The minimum Gasteiger partial charge on any atom is -0.323 e. The number of amides is 3. The fourth-order valence-electron chi connectivity index (χ4n) is 4.14. The monoisotopic (exact) mass is 356 g/mol. The first-order valence-corrected chi connectivity index (χ1v) is 9.60. The summed E-state index contributed by atoms with van der Waals surface area (Å²) >= 11 is 0. The molecule has 140 valence electrons. The van der Waals surface area contributed by atoms with Crippen LogP contribution in [-0.2, 0) is 11.3 Å². The van der Waals surface area contributed by atoms with Gasteiger partial charge in [-0.15, -0.1) is 0 Å². The summed E-state index contributed by atoms with van der Waals surface area (Å²) in [6.07, 6.45) is 2.07. The first-order chi connectivity index (χ1) is 12.5. The smallest absolute Gasteiger partial charge is 0.323 e. The maximum Gasteiger partial charge on any atom is 0.326 e. The van der Waals surface area contributed by atoms with Gasteiger partial charge in [-0.2, -0.15) is 0 Å². The zero-order chi connectivity index (χ0) is 18.3. The van der Waals surface area contributed by atoms with Gasteiger partial charge >= 0.3 is 6.03 Å². The molecule has 1 aromatic rings. The van der Waals surface area contributed by atoms with Crippen molar-refractivity contribution in [1.29, 1.82) is 0 Å². The lowest BCUT2D eigenvalue weighted by molar-refractivity contribution is -0.133. The van der Waals surface area contributed by atoms with Crippen LogP contribution in [0, 0.1) is 12.8 Å². The molecule has 3 fully saturated rings. The number of rotatable bonds is 5. The molecule has 6 nitrogen and oxygen atoms in total. The van der Waals surface area contributed by atoms with Crippen molar-refractivity contribution in [1.82, 2.24) is 20.0 Å². The third-order valence-corrected chi connectivity index (χ3v) is 5.99. The van der Waals surface area contributed by atoms with Gasteiger partial charge in [-0.1, -0.05) is 29.8 Å². The second kappa shape index (κ2) is 6.67. The van der Waals surface area contributed by atoms with Crippen molar-refractivity contribution >= 4 is 11.9 Å². The van der Waals surface area contributed by atoms with E-state index < -0.39 is 5.54 Å². The molecular formula is C20H28N4O2. The lowest BCUT2D eigenvalue weighted by atomic mass is 9.96. The van der Waals surface area contributed by atoms with E-state index in [1.54, 1.807) is 0 Å². The predicted octanol–water partition coefficient (Wildman–Crippen LogP) is 1.79. The zero-order valence-corrected chi connectivity index (χ0v) is 15.7. The van der Waals surface area contributed by atoms with Crippen LogP contribution in [0.4, 0.5) is 4.79 Å². The number of hydrogen-bond donors (Lipinski definition) is 1. The highest BCUT2D eigenvalue weighted by Crippen LogP contribution is 2.42. The van der Waals surface area contributed by atoms with E-state index in [2.05, 4.69) is 46.3 Å². The summed E-state index contributed by atoms with van der Waals surface area (Å²) in [5, 5.41) is 2.93. The second-order valence-electron chi connectivity index (χ2n) is 8.16. The third kappa shape index (κ3) is 3.35. The molecule has 0 bridgehead atoms. The van der Waals surface area contributed by atoms with Crippen molar-refractivity contribution in [3.05, 3.63) is 35.4 Å². The van der Waals surface area contributed by atoms with E-state index in [1.807, 2.05) is 6.92 Å². The molecule has 1 aromatic carbocycles. The van der Waals surface area contributed by atoms with Crippen LogP contribution >= 0.6 is 0 Å². The number of benzene rings is 1. The van der Waals surface area contributed by atoms with Crippen LogP contribution in [0.15, 0.2) is 24.3 Å². The highest BCUT2D eigenvalue weighted by molar-refractivity contribution is 6.07. The molecule has 3 aliphatic rings. The van der Waals surface area contributed by atoms with E-state index in [1.165, 1.54) is 16.0 Å². The van der Waals surface area contributed by atoms with Crippen molar-refractivity contribution < 1.29 is 9.59 Å².